The maximum atomic E-state index is 11.6. The molecule has 78 valence electrons. The molecule has 1 atom stereocenters. The molecule has 4 heteroatoms. The average Bonchev–Trinajstić information content (AvgIpc) is 2.15. The van der Waals surface area contributed by atoms with Crippen LogP contribution in [-0.4, -0.2) is 43.0 Å². The molecule has 0 rings (SSSR count). The summed E-state index contributed by atoms with van der Waals surface area (Å²) in [7, 11) is 0. The van der Waals surface area contributed by atoms with E-state index in [1.54, 1.807) is 0 Å². The minimum atomic E-state index is -0.122. The molecule has 0 aliphatic rings. The number of nitrogens with two attached hydrogens (primary N) is 1. The third kappa shape index (κ3) is 4.24. The quantitative estimate of drug-likeness (QED) is 0.605. The van der Waals surface area contributed by atoms with Crippen molar-refractivity contribution < 1.29 is 4.79 Å². The normalized spacial score (nSPS) is 12.6. The Labute approximate surface area is 80.5 Å². The van der Waals surface area contributed by atoms with Crippen molar-refractivity contribution >= 4 is 5.91 Å². The fourth-order valence-electron chi connectivity index (χ4n) is 1.20. The number of amides is 1. The smallest absolute Gasteiger partial charge is 0.239 e. The number of likely N-dealkylation sites (N-methyl/N-ethyl adjacent to an activating group) is 1. The van der Waals surface area contributed by atoms with Crippen LogP contribution in [0.2, 0.25) is 0 Å². The SMILES string of the molecule is CCN(CC)C(=O)C(C)NCCN. The maximum Gasteiger partial charge on any atom is 0.239 e. The Morgan fingerprint density at radius 3 is 2.38 bits per heavy atom. The summed E-state index contributed by atoms with van der Waals surface area (Å²) in [5, 5.41) is 3.06. The van der Waals surface area contributed by atoms with Gasteiger partial charge in [-0.1, -0.05) is 0 Å². The van der Waals surface area contributed by atoms with E-state index in [1.165, 1.54) is 0 Å². The number of nitrogens with zero attached hydrogens (tertiary/aromatic N) is 1. The van der Waals surface area contributed by atoms with Gasteiger partial charge in [0.2, 0.25) is 5.91 Å². The van der Waals surface area contributed by atoms with Crippen LogP contribution in [-0.2, 0) is 4.79 Å². The van der Waals surface area contributed by atoms with Gasteiger partial charge in [0.25, 0.3) is 0 Å². The van der Waals surface area contributed by atoms with Crippen molar-refractivity contribution in [3.8, 4) is 0 Å². The van der Waals surface area contributed by atoms with Crippen molar-refractivity contribution in [2.45, 2.75) is 26.8 Å². The summed E-state index contributed by atoms with van der Waals surface area (Å²) in [5.41, 5.74) is 5.33. The van der Waals surface area contributed by atoms with Crippen molar-refractivity contribution in [1.82, 2.24) is 10.2 Å². The molecule has 0 saturated carbocycles. The predicted octanol–water partition coefficient (Wildman–Crippen LogP) is -0.208. The molecule has 13 heavy (non-hydrogen) atoms. The fraction of sp³-hybridized carbons (Fsp3) is 0.889. The molecule has 0 aromatic heterocycles. The zero-order valence-electron chi connectivity index (χ0n) is 8.84. The molecule has 1 amide bonds. The van der Waals surface area contributed by atoms with E-state index in [4.69, 9.17) is 5.73 Å². The zero-order valence-corrected chi connectivity index (χ0v) is 8.84. The first-order valence-corrected chi connectivity index (χ1v) is 4.89. The minimum absolute atomic E-state index is 0.122. The van der Waals surface area contributed by atoms with E-state index in [0.29, 0.717) is 13.1 Å². The highest BCUT2D eigenvalue weighted by Gasteiger charge is 2.16. The summed E-state index contributed by atoms with van der Waals surface area (Å²) in [6.07, 6.45) is 0. The maximum absolute atomic E-state index is 11.6. The Bertz CT molecular complexity index is 146. The summed E-state index contributed by atoms with van der Waals surface area (Å²) in [4.78, 5) is 13.4. The summed E-state index contributed by atoms with van der Waals surface area (Å²) >= 11 is 0. The third-order valence-electron chi connectivity index (χ3n) is 2.04. The van der Waals surface area contributed by atoms with Crippen LogP contribution >= 0.6 is 0 Å². The molecular weight excluding hydrogens is 166 g/mol. The lowest BCUT2D eigenvalue weighted by atomic mass is 10.3. The first-order valence-electron chi connectivity index (χ1n) is 4.89. The molecule has 0 saturated heterocycles. The lowest BCUT2D eigenvalue weighted by Crippen LogP contribution is -2.45. The molecule has 1 unspecified atom stereocenters. The van der Waals surface area contributed by atoms with Crippen LogP contribution in [0.25, 0.3) is 0 Å². The van der Waals surface area contributed by atoms with E-state index in [0.717, 1.165) is 13.1 Å². The third-order valence-corrected chi connectivity index (χ3v) is 2.04. The minimum Gasteiger partial charge on any atom is -0.342 e. The van der Waals surface area contributed by atoms with Gasteiger partial charge < -0.3 is 16.0 Å². The Kier molecular flexibility index (Phi) is 6.54. The highest BCUT2D eigenvalue weighted by molar-refractivity contribution is 5.81. The van der Waals surface area contributed by atoms with Gasteiger partial charge in [0.15, 0.2) is 0 Å². The Hall–Kier alpha value is -0.610. The predicted molar refractivity (Wildman–Crippen MR) is 54.4 cm³/mol. The number of nitrogens with one attached hydrogen (secondary N) is 1. The van der Waals surface area contributed by atoms with E-state index < -0.39 is 0 Å². The summed E-state index contributed by atoms with van der Waals surface area (Å²) in [5.74, 6) is 0.151. The standard InChI is InChI=1S/C9H21N3O/c1-4-12(5-2)9(13)8(3)11-7-6-10/h8,11H,4-7,10H2,1-3H3. The number of rotatable bonds is 6. The van der Waals surface area contributed by atoms with E-state index in [2.05, 4.69) is 5.32 Å². The van der Waals surface area contributed by atoms with Crippen LogP contribution in [0.1, 0.15) is 20.8 Å². The van der Waals surface area contributed by atoms with Crippen LogP contribution in [0.5, 0.6) is 0 Å². The first-order chi connectivity index (χ1) is 6.17. The highest BCUT2D eigenvalue weighted by Crippen LogP contribution is 1.93. The van der Waals surface area contributed by atoms with Crippen LogP contribution in [0.15, 0.2) is 0 Å². The molecule has 3 N–H and O–H groups in total. The Morgan fingerprint density at radius 2 is 2.00 bits per heavy atom. The molecule has 4 nitrogen and oxygen atoms in total. The first kappa shape index (κ1) is 12.4. The van der Waals surface area contributed by atoms with Crippen molar-refractivity contribution in [3.63, 3.8) is 0 Å². The molecule has 0 aliphatic heterocycles. The molecule has 0 fully saturated rings. The van der Waals surface area contributed by atoms with Crippen LogP contribution in [0, 0.1) is 0 Å². The van der Waals surface area contributed by atoms with Gasteiger partial charge in [-0.25, -0.2) is 0 Å². The molecule has 0 aromatic rings. The monoisotopic (exact) mass is 187 g/mol. The fourth-order valence-corrected chi connectivity index (χ4v) is 1.20. The second-order valence-electron chi connectivity index (χ2n) is 2.98. The summed E-state index contributed by atoms with van der Waals surface area (Å²) in [6.45, 7) is 8.63. The topological polar surface area (TPSA) is 58.4 Å². The molecule has 0 heterocycles. The van der Waals surface area contributed by atoms with Gasteiger partial charge in [0, 0.05) is 26.2 Å². The van der Waals surface area contributed by atoms with E-state index >= 15 is 0 Å². The molecule has 0 aliphatic carbocycles. The molecular formula is C9H21N3O. The van der Waals surface area contributed by atoms with Crippen LogP contribution in [0.4, 0.5) is 0 Å². The number of hydrogen-bond donors (Lipinski definition) is 2. The molecule has 0 spiro atoms. The van der Waals surface area contributed by atoms with Crippen molar-refractivity contribution in [2.75, 3.05) is 26.2 Å². The van der Waals surface area contributed by atoms with Gasteiger partial charge in [-0.15, -0.1) is 0 Å². The van der Waals surface area contributed by atoms with Crippen molar-refractivity contribution in [3.05, 3.63) is 0 Å². The zero-order chi connectivity index (χ0) is 10.3. The van der Waals surface area contributed by atoms with Crippen molar-refractivity contribution in [2.24, 2.45) is 5.73 Å². The lowest BCUT2D eigenvalue weighted by molar-refractivity contribution is -0.132. The van der Waals surface area contributed by atoms with Gasteiger partial charge in [0.05, 0.1) is 6.04 Å². The van der Waals surface area contributed by atoms with Gasteiger partial charge in [0.1, 0.15) is 0 Å². The summed E-state index contributed by atoms with van der Waals surface area (Å²) < 4.78 is 0. The van der Waals surface area contributed by atoms with E-state index in [1.807, 2.05) is 25.7 Å². The van der Waals surface area contributed by atoms with Gasteiger partial charge in [-0.3, -0.25) is 4.79 Å². The van der Waals surface area contributed by atoms with Crippen LogP contribution < -0.4 is 11.1 Å². The lowest BCUT2D eigenvalue weighted by Gasteiger charge is -2.23. The largest absolute Gasteiger partial charge is 0.342 e. The molecule has 0 bridgehead atoms. The number of hydrogen-bond acceptors (Lipinski definition) is 3. The summed E-state index contributed by atoms with van der Waals surface area (Å²) in [6, 6.07) is -0.122. The average molecular weight is 187 g/mol. The molecule has 0 radical (unpaired) electrons. The second-order valence-corrected chi connectivity index (χ2v) is 2.98. The van der Waals surface area contributed by atoms with Gasteiger partial charge in [-0.2, -0.15) is 0 Å². The molecule has 0 aromatic carbocycles. The Balaban J connectivity index is 3.92. The highest BCUT2D eigenvalue weighted by atomic mass is 16.2. The van der Waals surface area contributed by atoms with E-state index in [9.17, 15) is 4.79 Å². The van der Waals surface area contributed by atoms with Crippen LogP contribution in [0.3, 0.4) is 0 Å². The number of carbonyl (C=O) groups is 1. The second kappa shape index (κ2) is 6.86. The Morgan fingerprint density at radius 1 is 1.46 bits per heavy atom. The van der Waals surface area contributed by atoms with E-state index in [-0.39, 0.29) is 11.9 Å². The number of carbonyl (C=O) groups excluding carboxylic acids is 1. The van der Waals surface area contributed by atoms with Crippen molar-refractivity contribution in [1.29, 1.82) is 0 Å². The van der Waals surface area contributed by atoms with Gasteiger partial charge >= 0.3 is 0 Å². The van der Waals surface area contributed by atoms with Gasteiger partial charge in [-0.05, 0) is 20.8 Å².